The SMILES string of the molecule is CCCOc1ccc(C2C(=C(O)c3ccncc3)C(=O)C(=O)N2Cc2ccco2)cc1. The molecule has 31 heavy (non-hydrogen) atoms. The monoisotopic (exact) mass is 418 g/mol. The van der Waals surface area contributed by atoms with E-state index in [9.17, 15) is 14.7 Å². The average Bonchev–Trinajstić information content (AvgIpc) is 3.41. The van der Waals surface area contributed by atoms with Gasteiger partial charge in [-0.2, -0.15) is 0 Å². The Hall–Kier alpha value is -3.87. The smallest absolute Gasteiger partial charge is 0.296 e. The first-order valence-corrected chi connectivity index (χ1v) is 10.0. The molecule has 1 saturated heterocycles. The fraction of sp³-hybridized carbons (Fsp3) is 0.208. The average molecular weight is 418 g/mol. The Morgan fingerprint density at radius 3 is 2.52 bits per heavy atom. The van der Waals surface area contributed by atoms with Crippen LogP contribution < -0.4 is 4.74 Å². The zero-order chi connectivity index (χ0) is 21.8. The van der Waals surface area contributed by atoms with Crippen molar-refractivity contribution in [3.8, 4) is 5.75 Å². The molecule has 7 nitrogen and oxygen atoms in total. The van der Waals surface area contributed by atoms with Crippen molar-refractivity contribution in [3.63, 3.8) is 0 Å². The van der Waals surface area contributed by atoms with E-state index in [0.29, 0.717) is 29.2 Å². The van der Waals surface area contributed by atoms with Gasteiger partial charge in [0.15, 0.2) is 0 Å². The highest BCUT2D eigenvalue weighted by atomic mass is 16.5. The highest BCUT2D eigenvalue weighted by Gasteiger charge is 2.46. The minimum Gasteiger partial charge on any atom is -0.507 e. The second-order valence-electron chi connectivity index (χ2n) is 7.16. The van der Waals surface area contributed by atoms with Crippen LogP contribution in [-0.4, -0.2) is 33.3 Å². The Morgan fingerprint density at radius 2 is 1.87 bits per heavy atom. The Bertz CT molecular complexity index is 1090. The van der Waals surface area contributed by atoms with Crippen molar-refractivity contribution in [3.05, 3.63) is 89.6 Å². The molecule has 3 aromatic rings. The van der Waals surface area contributed by atoms with E-state index >= 15 is 0 Å². The fourth-order valence-corrected chi connectivity index (χ4v) is 3.59. The number of carbonyl (C=O) groups excluding carboxylic acids is 2. The number of aliphatic hydroxyl groups is 1. The quantitative estimate of drug-likeness (QED) is 0.353. The molecular formula is C24H22N2O5. The second kappa shape index (κ2) is 8.87. The molecule has 1 aromatic carbocycles. The van der Waals surface area contributed by atoms with Gasteiger partial charge in [0.1, 0.15) is 17.3 Å². The van der Waals surface area contributed by atoms with Gasteiger partial charge in [-0.05, 0) is 48.4 Å². The third-order valence-corrected chi connectivity index (χ3v) is 5.07. The topological polar surface area (TPSA) is 92.9 Å². The number of likely N-dealkylation sites (tertiary alicyclic amines) is 1. The molecule has 7 heteroatoms. The van der Waals surface area contributed by atoms with E-state index < -0.39 is 17.7 Å². The fourth-order valence-electron chi connectivity index (χ4n) is 3.59. The molecule has 1 aliphatic rings. The number of furan rings is 1. The maximum atomic E-state index is 13.0. The summed E-state index contributed by atoms with van der Waals surface area (Å²) in [6.07, 6.45) is 5.43. The number of nitrogens with zero attached hydrogens (tertiary/aromatic N) is 2. The summed E-state index contributed by atoms with van der Waals surface area (Å²) in [6, 6.07) is 13.1. The third kappa shape index (κ3) is 4.07. The van der Waals surface area contributed by atoms with Crippen LogP contribution in [0.3, 0.4) is 0 Å². The number of pyridine rings is 1. The third-order valence-electron chi connectivity index (χ3n) is 5.07. The Labute approximate surface area is 179 Å². The van der Waals surface area contributed by atoms with E-state index in [0.717, 1.165) is 6.42 Å². The minimum atomic E-state index is -0.765. The maximum absolute atomic E-state index is 13.0. The highest BCUT2D eigenvalue weighted by Crippen LogP contribution is 2.40. The summed E-state index contributed by atoms with van der Waals surface area (Å²) in [5.74, 6) is -0.430. The van der Waals surface area contributed by atoms with Gasteiger partial charge >= 0.3 is 0 Å². The number of Topliss-reactive ketones (excluding diaryl/α,β-unsaturated/α-hetero) is 1. The summed E-state index contributed by atoms with van der Waals surface area (Å²) in [7, 11) is 0. The van der Waals surface area contributed by atoms with E-state index in [1.54, 1.807) is 48.5 Å². The van der Waals surface area contributed by atoms with Crippen molar-refractivity contribution in [2.45, 2.75) is 25.9 Å². The molecule has 0 radical (unpaired) electrons. The maximum Gasteiger partial charge on any atom is 0.296 e. The number of hydrogen-bond acceptors (Lipinski definition) is 6. The van der Waals surface area contributed by atoms with Crippen LogP contribution in [-0.2, 0) is 16.1 Å². The number of hydrogen-bond donors (Lipinski definition) is 1. The molecule has 0 bridgehead atoms. The summed E-state index contributed by atoms with van der Waals surface area (Å²) in [5.41, 5.74) is 1.13. The van der Waals surface area contributed by atoms with Crippen molar-refractivity contribution in [1.82, 2.24) is 9.88 Å². The number of aromatic nitrogens is 1. The van der Waals surface area contributed by atoms with Crippen LogP contribution >= 0.6 is 0 Å². The van der Waals surface area contributed by atoms with E-state index in [1.165, 1.54) is 23.6 Å². The van der Waals surface area contributed by atoms with Crippen molar-refractivity contribution >= 4 is 17.4 Å². The first-order valence-electron chi connectivity index (χ1n) is 10.0. The molecule has 3 heterocycles. The number of ether oxygens (including phenoxy) is 1. The lowest BCUT2D eigenvalue weighted by Gasteiger charge is -2.24. The van der Waals surface area contributed by atoms with Crippen LogP contribution in [0.2, 0.25) is 0 Å². The molecule has 158 valence electrons. The number of carbonyl (C=O) groups is 2. The molecule has 1 atom stereocenters. The predicted octanol–water partition coefficient (Wildman–Crippen LogP) is 4.09. The first kappa shape index (κ1) is 20.4. The lowest BCUT2D eigenvalue weighted by atomic mass is 9.95. The largest absolute Gasteiger partial charge is 0.507 e. The van der Waals surface area contributed by atoms with Gasteiger partial charge in [-0.3, -0.25) is 14.6 Å². The van der Waals surface area contributed by atoms with Crippen molar-refractivity contribution in [1.29, 1.82) is 0 Å². The Morgan fingerprint density at radius 1 is 1.13 bits per heavy atom. The van der Waals surface area contributed by atoms with Crippen molar-refractivity contribution in [2.75, 3.05) is 6.61 Å². The summed E-state index contributed by atoms with van der Waals surface area (Å²) in [5, 5.41) is 11.0. The molecule has 1 amide bonds. The van der Waals surface area contributed by atoms with Crippen molar-refractivity contribution in [2.24, 2.45) is 0 Å². The number of ketones is 1. The van der Waals surface area contributed by atoms with Crippen LogP contribution in [0, 0.1) is 0 Å². The molecule has 1 fully saturated rings. The van der Waals surface area contributed by atoms with E-state index in [2.05, 4.69) is 4.98 Å². The van der Waals surface area contributed by atoms with E-state index in [1.807, 2.05) is 6.92 Å². The molecule has 1 unspecified atom stereocenters. The lowest BCUT2D eigenvalue weighted by molar-refractivity contribution is -0.140. The number of rotatable bonds is 7. The molecule has 4 rings (SSSR count). The van der Waals surface area contributed by atoms with Crippen LogP contribution in [0.15, 0.2) is 77.2 Å². The predicted molar refractivity (Wildman–Crippen MR) is 113 cm³/mol. The second-order valence-corrected chi connectivity index (χ2v) is 7.16. The standard InChI is InChI=1S/C24H22N2O5/c1-2-13-30-18-7-5-16(6-8-18)21-20(22(27)17-9-11-25-12-10-17)23(28)24(29)26(21)15-19-4-3-14-31-19/h3-12,14,21,27H,2,13,15H2,1H3. The first-order chi connectivity index (χ1) is 15.1. The van der Waals surface area contributed by atoms with Gasteiger partial charge in [0.05, 0.1) is 31.0 Å². The zero-order valence-electron chi connectivity index (χ0n) is 17.0. The van der Waals surface area contributed by atoms with Crippen LogP contribution in [0.1, 0.15) is 36.3 Å². The number of aliphatic hydroxyl groups excluding tert-OH is 1. The van der Waals surface area contributed by atoms with E-state index in [4.69, 9.17) is 9.15 Å². The minimum absolute atomic E-state index is 0.0324. The molecule has 0 spiro atoms. The van der Waals surface area contributed by atoms with Crippen molar-refractivity contribution < 1.29 is 23.8 Å². The summed E-state index contributed by atoms with van der Waals surface area (Å²) in [4.78, 5) is 31.2. The lowest BCUT2D eigenvalue weighted by Crippen LogP contribution is -2.29. The van der Waals surface area contributed by atoms with Gasteiger partial charge in [0.2, 0.25) is 0 Å². The molecule has 2 aromatic heterocycles. The van der Waals surface area contributed by atoms with Gasteiger partial charge in [-0.1, -0.05) is 19.1 Å². The summed E-state index contributed by atoms with van der Waals surface area (Å²) < 4.78 is 11.0. The molecular weight excluding hydrogens is 396 g/mol. The van der Waals surface area contributed by atoms with Gasteiger partial charge in [0, 0.05) is 18.0 Å². The van der Waals surface area contributed by atoms with Crippen LogP contribution in [0.5, 0.6) is 5.75 Å². The highest BCUT2D eigenvalue weighted by molar-refractivity contribution is 6.46. The molecule has 0 aliphatic carbocycles. The van der Waals surface area contributed by atoms with Gasteiger partial charge < -0.3 is 19.2 Å². The zero-order valence-corrected chi connectivity index (χ0v) is 17.0. The van der Waals surface area contributed by atoms with Crippen LogP contribution in [0.25, 0.3) is 5.76 Å². The van der Waals surface area contributed by atoms with Gasteiger partial charge in [-0.25, -0.2) is 0 Å². The number of benzene rings is 1. The molecule has 1 aliphatic heterocycles. The summed E-state index contributed by atoms with van der Waals surface area (Å²) >= 11 is 0. The Balaban J connectivity index is 1.79. The number of amides is 1. The molecule has 0 saturated carbocycles. The van der Waals surface area contributed by atoms with Gasteiger partial charge in [0.25, 0.3) is 11.7 Å². The Kier molecular flexibility index (Phi) is 5.84. The van der Waals surface area contributed by atoms with Crippen LogP contribution in [0.4, 0.5) is 0 Å². The molecule has 1 N–H and O–H groups in total. The summed E-state index contributed by atoms with van der Waals surface area (Å²) in [6.45, 7) is 2.72. The van der Waals surface area contributed by atoms with Gasteiger partial charge in [-0.15, -0.1) is 0 Å². The normalized spacial score (nSPS) is 17.8. The van der Waals surface area contributed by atoms with E-state index in [-0.39, 0.29) is 17.9 Å².